The predicted molar refractivity (Wildman–Crippen MR) is 91.0 cm³/mol. The van der Waals surface area contributed by atoms with Gasteiger partial charge in [0.1, 0.15) is 0 Å². The fourth-order valence-electron chi connectivity index (χ4n) is 2.93. The summed E-state index contributed by atoms with van der Waals surface area (Å²) in [6, 6.07) is 9.22. The number of nitrogens with zero attached hydrogens (tertiary/aromatic N) is 1. The van der Waals surface area contributed by atoms with E-state index in [1.807, 2.05) is 32.0 Å². The Hall–Kier alpha value is -2.56. The predicted octanol–water partition coefficient (Wildman–Crippen LogP) is 2.93. The van der Waals surface area contributed by atoms with E-state index in [9.17, 15) is 9.59 Å². The molecule has 0 bridgehead atoms. The lowest BCUT2D eigenvalue weighted by Crippen LogP contribution is -2.46. The first-order valence-electron chi connectivity index (χ1n) is 8.25. The van der Waals surface area contributed by atoms with Crippen LogP contribution in [0, 0.1) is 13.8 Å². The molecule has 1 aromatic carbocycles. The average Bonchev–Trinajstić information content (AvgIpc) is 3.12. The third-order valence-electron chi connectivity index (χ3n) is 4.62. The van der Waals surface area contributed by atoms with Gasteiger partial charge in [0.25, 0.3) is 11.8 Å². The molecule has 1 saturated heterocycles. The average molecular weight is 326 g/mol. The highest BCUT2D eigenvalue weighted by molar-refractivity contribution is 5.94. The second kappa shape index (κ2) is 6.91. The van der Waals surface area contributed by atoms with Gasteiger partial charge in [0.2, 0.25) is 0 Å². The lowest BCUT2D eigenvalue weighted by Gasteiger charge is -2.31. The number of rotatable bonds is 3. The van der Waals surface area contributed by atoms with Gasteiger partial charge >= 0.3 is 0 Å². The van der Waals surface area contributed by atoms with E-state index < -0.39 is 0 Å². The van der Waals surface area contributed by atoms with Crippen molar-refractivity contribution in [1.82, 2.24) is 10.2 Å². The monoisotopic (exact) mass is 326 g/mol. The van der Waals surface area contributed by atoms with Crippen LogP contribution in [0.1, 0.15) is 44.9 Å². The van der Waals surface area contributed by atoms with Gasteiger partial charge in [-0.25, -0.2) is 0 Å². The molecule has 0 saturated carbocycles. The topological polar surface area (TPSA) is 62.6 Å². The van der Waals surface area contributed by atoms with E-state index in [0.717, 1.165) is 18.4 Å². The van der Waals surface area contributed by atoms with E-state index in [1.54, 1.807) is 17.0 Å². The van der Waals surface area contributed by atoms with E-state index in [-0.39, 0.29) is 17.9 Å². The quantitative estimate of drug-likeness (QED) is 0.943. The summed E-state index contributed by atoms with van der Waals surface area (Å²) in [6.45, 7) is 5.28. The summed E-state index contributed by atoms with van der Waals surface area (Å²) in [6.07, 6.45) is 3.01. The molecular formula is C19H22N2O3. The van der Waals surface area contributed by atoms with Crippen molar-refractivity contribution in [3.63, 3.8) is 0 Å². The van der Waals surface area contributed by atoms with Crippen LogP contribution in [0.25, 0.3) is 0 Å². The molecule has 0 atom stereocenters. The van der Waals surface area contributed by atoms with Gasteiger partial charge in [-0.1, -0.05) is 6.07 Å². The van der Waals surface area contributed by atoms with Gasteiger partial charge in [-0.2, -0.15) is 0 Å². The number of carbonyl (C=O) groups is 2. The second-order valence-corrected chi connectivity index (χ2v) is 6.32. The Bertz CT molecular complexity index is 729. The zero-order chi connectivity index (χ0) is 17.1. The summed E-state index contributed by atoms with van der Waals surface area (Å²) in [4.78, 5) is 26.4. The Morgan fingerprint density at radius 3 is 2.50 bits per heavy atom. The van der Waals surface area contributed by atoms with Crippen molar-refractivity contribution in [3.8, 4) is 0 Å². The van der Waals surface area contributed by atoms with Crippen LogP contribution < -0.4 is 5.32 Å². The van der Waals surface area contributed by atoms with Gasteiger partial charge in [-0.15, -0.1) is 0 Å². The number of nitrogens with one attached hydrogen (secondary N) is 1. The second-order valence-electron chi connectivity index (χ2n) is 6.32. The minimum absolute atomic E-state index is 0.0473. The summed E-state index contributed by atoms with van der Waals surface area (Å²) >= 11 is 0. The number of piperidine rings is 1. The molecule has 1 aromatic heterocycles. The summed E-state index contributed by atoms with van der Waals surface area (Å²) in [5.74, 6) is 0.237. The van der Waals surface area contributed by atoms with Crippen molar-refractivity contribution in [2.45, 2.75) is 32.7 Å². The number of carbonyl (C=O) groups excluding carboxylic acids is 2. The van der Waals surface area contributed by atoms with Gasteiger partial charge in [0.05, 0.1) is 6.26 Å². The fourth-order valence-corrected chi connectivity index (χ4v) is 2.93. The van der Waals surface area contributed by atoms with Crippen molar-refractivity contribution < 1.29 is 14.0 Å². The van der Waals surface area contributed by atoms with E-state index in [2.05, 4.69) is 5.32 Å². The Balaban J connectivity index is 1.54. The maximum absolute atomic E-state index is 12.4. The van der Waals surface area contributed by atoms with E-state index in [4.69, 9.17) is 4.42 Å². The molecule has 1 fully saturated rings. The Kier molecular flexibility index (Phi) is 4.69. The maximum atomic E-state index is 12.4. The lowest BCUT2D eigenvalue weighted by atomic mass is 10.0. The number of hydrogen-bond donors (Lipinski definition) is 1. The van der Waals surface area contributed by atoms with Gasteiger partial charge < -0.3 is 14.6 Å². The van der Waals surface area contributed by atoms with Crippen LogP contribution >= 0.6 is 0 Å². The highest BCUT2D eigenvalue weighted by Gasteiger charge is 2.26. The molecule has 24 heavy (non-hydrogen) atoms. The van der Waals surface area contributed by atoms with Crippen LogP contribution in [0.2, 0.25) is 0 Å². The first-order valence-corrected chi connectivity index (χ1v) is 8.25. The van der Waals surface area contributed by atoms with Crippen LogP contribution in [0.3, 0.4) is 0 Å². The fraction of sp³-hybridized carbons (Fsp3) is 0.368. The van der Waals surface area contributed by atoms with Crippen LogP contribution in [0.15, 0.2) is 41.0 Å². The summed E-state index contributed by atoms with van der Waals surface area (Å²) in [5, 5.41) is 3.08. The van der Waals surface area contributed by atoms with Crippen molar-refractivity contribution in [1.29, 1.82) is 0 Å². The molecule has 5 nitrogen and oxygen atoms in total. The normalized spacial score (nSPS) is 15.3. The molecule has 1 N–H and O–H groups in total. The van der Waals surface area contributed by atoms with Gasteiger partial charge in [0, 0.05) is 24.7 Å². The SMILES string of the molecule is Cc1ccc(C(=O)NC2CCN(C(=O)c3ccco3)CC2)cc1C. The van der Waals surface area contributed by atoms with Crippen LogP contribution in [-0.4, -0.2) is 35.8 Å². The largest absolute Gasteiger partial charge is 0.459 e. The molecular weight excluding hydrogens is 304 g/mol. The third-order valence-corrected chi connectivity index (χ3v) is 4.62. The summed E-state index contributed by atoms with van der Waals surface area (Å²) in [7, 11) is 0. The number of amides is 2. The van der Waals surface area contributed by atoms with E-state index >= 15 is 0 Å². The molecule has 2 aromatic rings. The van der Waals surface area contributed by atoms with Gasteiger partial charge in [-0.05, 0) is 62.1 Å². The maximum Gasteiger partial charge on any atom is 0.289 e. The number of likely N-dealkylation sites (tertiary alicyclic amines) is 1. The van der Waals surface area contributed by atoms with E-state index in [1.165, 1.54) is 11.8 Å². The van der Waals surface area contributed by atoms with Crippen molar-refractivity contribution in [3.05, 3.63) is 59.0 Å². The number of hydrogen-bond acceptors (Lipinski definition) is 3. The van der Waals surface area contributed by atoms with Crippen molar-refractivity contribution in [2.24, 2.45) is 0 Å². The molecule has 0 spiro atoms. The molecule has 0 unspecified atom stereocenters. The van der Waals surface area contributed by atoms with Crippen molar-refractivity contribution >= 4 is 11.8 Å². The minimum atomic E-state index is -0.0843. The Morgan fingerprint density at radius 2 is 1.88 bits per heavy atom. The first kappa shape index (κ1) is 16.3. The molecule has 5 heteroatoms. The molecule has 1 aliphatic heterocycles. The highest BCUT2D eigenvalue weighted by atomic mass is 16.3. The number of aryl methyl sites for hydroxylation is 2. The molecule has 2 amide bonds. The number of benzene rings is 1. The molecule has 3 rings (SSSR count). The van der Waals surface area contributed by atoms with Crippen LogP contribution in [-0.2, 0) is 0 Å². The molecule has 2 heterocycles. The molecule has 126 valence electrons. The first-order chi connectivity index (χ1) is 11.5. The molecule has 1 aliphatic rings. The Morgan fingerprint density at radius 1 is 1.12 bits per heavy atom. The standard InChI is InChI=1S/C19H22N2O3/c1-13-5-6-15(12-14(13)2)18(22)20-16-7-9-21(10-8-16)19(23)17-4-3-11-24-17/h3-6,11-12,16H,7-10H2,1-2H3,(H,20,22). The Labute approximate surface area is 141 Å². The number of furan rings is 1. The zero-order valence-electron chi connectivity index (χ0n) is 14.0. The van der Waals surface area contributed by atoms with Gasteiger partial charge in [-0.3, -0.25) is 9.59 Å². The minimum Gasteiger partial charge on any atom is -0.459 e. The van der Waals surface area contributed by atoms with Gasteiger partial charge in [0.15, 0.2) is 5.76 Å². The molecule has 0 aliphatic carbocycles. The highest BCUT2D eigenvalue weighted by Crippen LogP contribution is 2.16. The van der Waals surface area contributed by atoms with Crippen molar-refractivity contribution in [2.75, 3.05) is 13.1 Å². The van der Waals surface area contributed by atoms with Crippen LogP contribution in [0.4, 0.5) is 0 Å². The summed E-state index contributed by atoms with van der Waals surface area (Å²) < 4.78 is 5.16. The molecule has 0 radical (unpaired) electrons. The smallest absolute Gasteiger partial charge is 0.289 e. The zero-order valence-corrected chi connectivity index (χ0v) is 14.0. The summed E-state index contributed by atoms with van der Waals surface area (Å²) in [5.41, 5.74) is 2.98. The van der Waals surface area contributed by atoms with Crippen LogP contribution in [0.5, 0.6) is 0 Å². The van der Waals surface area contributed by atoms with E-state index in [0.29, 0.717) is 24.4 Å². The third kappa shape index (κ3) is 3.50. The lowest BCUT2D eigenvalue weighted by molar-refractivity contribution is 0.0667.